The molecule has 0 aliphatic heterocycles. The first-order chi connectivity index (χ1) is 20.6. The van der Waals surface area contributed by atoms with Gasteiger partial charge in [0.15, 0.2) is 0 Å². The van der Waals surface area contributed by atoms with Crippen LogP contribution in [0.2, 0.25) is 0 Å². The average molecular weight is 673 g/mol. The standard InChI is InChI=1S/C32H38BrN3O6S/c1-23(32(38)34-26-9-5-4-6-10-26)35(21-24-13-15-25(33)16-14-24)31(37)22-36(29-11-7-8-12-30(29)42-3)43(39,40)28-19-17-27(41-2)18-20-28/h7-8,11-20,23,26H,4-6,9-10,21-22H2,1-3H3,(H,34,38)/t23-/m1/s1. The summed E-state index contributed by atoms with van der Waals surface area (Å²) in [6, 6.07) is 19.3. The van der Waals surface area contributed by atoms with E-state index in [9.17, 15) is 18.0 Å². The summed E-state index contributed by atoms with van der Waals surface area (Å²) in [7, 11) is -1.31. The number of hydrogen-bond donors (Lipinski definition) is 1. The SMILES string of the molecule is COc1ccc(S(=O)(=O)N(CC(=O)N(Cc2ccc(Br)cc2)[C@H](C)C(=O)NC2CCCCC2)c2ccccc2OC)cc1. The van der Waals surface area contributed by atoms with Crippen molar-refractivity contribution in [3.63, 3.8) is 0 Å². The molecule has 1 saturated carbocycles. The highest BCUT2D eigenvalue weighted by Gasteiger charge is 2.34. The Morgan fingerprint density at radius 3 is 2.21 bits per heavy atom. The normalized spacial score (nSPS) is 14.4. The van der Waals surface area contributed by atoms with Crippen LogP contribution in [0.3, 0.4) is 0 Å². The van der Waals surface area contributed by atoms with Crippen molar-refractivity contribution < 1.29 is 27.5 Å². The van der Waals surface area contributed by atoms with E-state index in [0.29, 0.717) is 5.75 Å². The van der Waals surface area contributed by atoms with Crippen molar-refractivity contribution in [2.45, 2.75) is 62.6 Å². The maximum atomic E-state index is 14.2. The summed E-state index contributed by atoms with van der Waals surface area (Å²) in [5.74, 6) is -0.0105. The molecule has 9 nitrogen and oxygen atoms in total. The Bertz CT molecular complexity index is 1490. The van der Waals surface area contributed by atoms with Gasteiger partial charge in [-0.1, -0.05) is 59.5 Å². The van der Waals surface area contributed by atoms with Crippen LogP contribution in [-0.2, 0) is 26.2 Å². The molecule has 0 aromatic heterocycles. The van der Waals surface area contributed by atoms with Crippen molar-refractivity contribution in [3.05, 3.63) is 82.8 Å². The number of carbonyl (C=O) groups is 2. The Morgan fingerprint density at radius 1 is 0.930 bits per heavy atom. The molecule has 2 amide bonds. The summed E-state index contributed by atoms with van der Waals surface area (Å²) >= 11 is 3.44. The molecule has 4 rings (SSSR count). The number of anilines is 1. The fourth-order valence-corrected chi connectivity index (χ4v) is 6.85. The van der Waals surface area contributed by atoms with Crippen molar-refractivity contribution in [1.82, 2.24) is 10.2 Å². The van der Waals surface area contributed by atoms with Gasteiger partial charge >= 0.3 is 0 Å². The molecule has 1 aliphatic carbocycles. The third-order valence-electron chi connectivity index (χ3n) is 7.67. The molecule has 1 N–H and O–H groups in total. The highest BCUT2D eigenvalue weighted by Crippen LogP contribution is 2.33. The van der Waals surface area contributed by atoms with Gasteiger partial charge in [-0.25, -0.2) is 8.42 Å². The number of amides is 2. The average Bonchev–Trinajstić information content (AvgIpc) is 3.03. The minimum atomic E-state index is -4.24. The minimum Gasteiger partial charge on any atom is -0.497 e. The van der Waals surface area contributed by atoms with Gasteiger partial charge in [0.05, 0.1) is 24.8 Å². The lowest BCUT2D eigenvalue weighted by molar-refractivity contribution is -0.139. The Kier molecular flexibility index (Phi) is 11.1. The molecule has 0 unspecified atom stereocenters. The van der Waals surface area contributed by atoms with Crippen molar-refractivity contribution in [1.29, 1.82) is 0 Å². The van der Waals surface area contributed by atoms with Crippen LogP contribution in [0.25, 0.3) is 0 Å². The number of benzene rings is 3. The van der Waals surface area contributed by atoms with Crippen LogP contribution in [-0.4, -0.2) is 58.0 Å². The molecule has 3 aromatic rings. The first-order valence-electron chi connectivity index (χ1n) is 14.3. The first kappa shape index (κ1) is 32.3. The second kappa shape index (κ2) is 14.7. The second-order valence-corrected chi connectivity index (χ2v) is 13.3. The van der Waals surface area contributed by atoms with Gasteiger partial charge in [-0.2, -0.15) is 0 Å². The molecular formula is C32H38BrN3O6S. The zero-order valence-corrected chi connectivity index (χ0v) is 27.1. The summed E-state index contributed by atoms with van der Waals surface area (Å²) in [6.45, 7) is 1.25. The molecule has 230 valence electrons. The number of nitrogens with one attached hydrogen (secondary N) is 1. The molecule has 3 aromatic carbocycles. The van der Waals surface area contributed by atoms with Crippen LogP contribution in [0.5, 0.6) is 11.5 Å². The van der Waals surface area contributed by atoms with E-state index in [1.807, 2.05) is 24.3 Å². The largest absolute Gasteiger partial charge is 0.497 e. The Balaban J connectivity index is 1.70. The quantitative estimate of drug-likeness (QED) is 0.272. The Morgan fingerprint density at radius 2 is 1.58 bits per heavy atom. The van der Waals surface area contributed by atoms with Gasteiger partial charge in [0, 0.05) is 17.1 Å². The number of rotatable bonds is 12. The zero-order chi connectivity index (χ0) is 31.0. The molecule has 1 fully saturated rings. The predicted octanol–water partition coefficient (Wildman–Crippen LogP) is 5.53. The van der Waals surface area contributed by atoms with Gasteiger partial charge in [-0.15, -0.1) is 0 Å². The van der Waals surface area contributed by atoms with Gasteiger partial charge in [0.25, 0.3) is 10.0 Å². The van der Waals surface area contributed by atoms with Gasteiger partial charge in [-0.3, -0.25) is 13.9 Å². The van der Waals surface area contributed by atoms with E-state index < -0.39 is 28.5 Å². The molecule has 43 heavy (non-hydrogen) atoms. The number of hydrogen-bond acceptors (Lipinski definition) is 6. The van der Waals surface area contributed by atoms with E-state index >= 15 is 0 Å². The lowest BCUT2D eigenvalue weighted by atomic mass is 9.95. The van der Waals surface area contributed by atoms with Crippen LogP contribution in [0, 0.1) is 0 Å². The number of carbonyl (C=O) groups excluding carboxylic acids is 2. The van der Waals surface area contributed by atoms with Crippen LogP contribution < -0.4 is 19.1 Å². The van der Waals surface area contributed by atoms with E-state index in [4.69, 9.17) is 9.47 Å². The molecular weight excluding hydrogens is 634 g/mol. The van der Waals surface area contributed by atoms with Gasteiger partial charge in [0.2, 0.25) is 11.8 Å². The topological polar surface area (TPSA) is 105 Å². The van der Waals surface area contributed by atoms with Gasteiger partial charge in [0.1, 0.15) is 24.1 Å². The third kappa shape index (κ3) is 8.08. The molecule has 0 radical (unpaired) electrons. The smallest absolute Gasteiger partial charge is 0.264 e. The second-order valence-electron chi connectivity index (χ2n) is 10.5. The molecule has 1 atom stereocenters. The number of methoxy groups -OCH3 is 2. The maximum absolute atomic E-state index is 14.2. The first-order valence-corrected chi connectivity index (χ1v) is 16.5. The van der Waals surface area contributed by atoms with E-state index in [1.165, 1.54) is 31.3 Å². The molecule has 0 saturated heterocycles. The van der Waals surface area contributed by atoms with Crippen molar-refractivity contribution in [2.75, 3.05) is 25.1 Å². The summed E-state index contributed by atoms with van der Waals surface area (Å²) in [5.41, 5.74) is 1.01. The van der Waals surface area contributed by atoms with Crippen LogP contribution in [0.15, 0.2) is 82.2 Å². The summed E-state index contributed by atoms with van der Waals surface area (Å²) in [4.78, 5) is 29.1. The fourth-order valence-electron chi connectivity index (χ4n) is 5.16. The van der Waals surface area contributed by atoms with Crippen molar-refractivity contribution in [3.8, 4) is 11.5 Å². The number of nitrogens with zero attached hydrogens (tertiary/aromatic N) is 2. The minimum absolute atomic E-state index is 0.0189. The fraction of sp³-hybridized carbons (Fsp3) is 0.375. The summed E-state index contributed by atoms with van der Waals surface area (Å²) < 4.78 is 40.8. The van der Waals surface area contributed by atoms with Crippen LogP contribution in [0.1, 0.15) is 44.6 Å². The zero-order valence-electron chi connectivity index (χ0n) is 24.7. The van der Waals surface area contributed by atoms with Gasteiger partial charge < -0.3 is 19.7 Å². The Hall–Kier alpha value is -3.57. The van der Waals surface area contributed by atoms with E-state index in [-0.39, 0.29) is 34.8 Å². The molecule has 0 heterocycles. The monoisotopic (exact) mass is 671 g/mol. The Labute approximate surface area is 262 Å². The van der Waals surface area contributed by atoms with Crippen molar-refractivity contribution in [2.24, 2.45) is 0 Å². The van der Waals surface area contributed by atoms with E-state index in [2.05, 4.69) is 21.2 Å². The molecule has 11 heteroatoms. The predicted molar refractivity (Wildman–Crippen MR) is 170 cm³/mol. The van der Waals surface area contributed by atoms with Crippen LogP contribution in [0.4, 0.5) is 5.69 Å². The third-order valence-corrected chi connectivity index (χ3v) is 9.97. The van der Waals surface area contributed by atoms with Gasteiger partial charge in [-0.05, 0) is 73.9 Å². The number of para-hydroxylation sites is 2. The van der Waals surface area contributed by atoms with Crippen LogP contribution >= 0.6 is 15.9 Å². The lowest BCUT2D eigenvalue weighted by Gasteiger charge is -2.33. The number of halogens is 1. The number of sulfonamides is 1. The summed E-state index contributed by atoms with van der Waals surface area (Å²) in [6.07, 6.45) is 5.06. The van der Waals surface area contributed by atoms with Crippen molar-refractivity contribution >= 4 is 43.5 Å². The number of ether oxygens (including phenoxy) is 2. The van der Waals surface area contributed by atoms with E-state index in [1.54, 1.807) is 43.3 Å². The lowest BCUT2D eigenvalue weighted by Crippen LogP contribution is -2.53. The molecule has 0 spiro atoms. The van der Waals surface area contributed by atoms with E-state index in [0.717, 1.165) is 46.4 Å². The molecule has 0 bridgehead atoms. The highest BCUT2D eigenvalue weighted by atomic mass is 79.9. The highest BCUT2D eigenvalue weighted by molar-refractivity contribution is 9.10. The maximum Gasteiger partial charge on any atom is 0.264 e. The molecule has 1 aliphatic rings. The summed E-state index contributed by atoms with van der Waals surface area (Å²) in [5, 5.41) is 3.11.